The molecule has 7 nitrogen and oxygen atoms in total. The summed E-state index contributed by atoms with van der Waals surface area (Å²) in [5.74, 6) is 0.601. The summed E-state index contributed by atoms with van der Waals surface area (Å²) in [6.45, 7) is 9.10. The van der Waals surface area contributed by atoms with Crippen LogP contribution < -0.4 is 5.32 Å². The zero-order chi connectivity index (χ0) is 23.6. The van der Waals surface area contributed by atoms with E-state index in [4.69, 9.17) is 4.52 Å². The Bertz CT molecular complexity index is 1130. The lowest BCUT2D eigenvalue weighted by Crippen LogP contribution is -2.42. The quantitative estimate of drug-likeness (QED) is 0.549. The van der Waals surface area contributed by atoms with Gasteiger partial charge in [0.15, 0.2) is 0 Å². The first-order valence-electron chi connectivity index (χ1n) is 11.4. The average Bonchev–Trinajstić information content (AvgIpc) is 3.46. The topological polar surface area (TPSA) is 88.3 Å². The molecule has 0 saturated carbocycles. The summed E-state index contributed by atoms with van der Waals surface area (Å²) in [4.78, 5) is 32.4. The van der Waals surface area contributed by atoms with Gasteiger partial charge in [0.2, 0.25) is 0 Å². The molecule has 1 aromatic carbocycles. The van der Waals surface area contributed by atoms with Crippen LogP contribution in [0.2, 0.25) is 0 Å². The van der Waals surface area contributed by atoms with Crippen molar-refractivity contribution in [3.05, 3.63) is 57.7 Å². The maximum absolute atomic E-state index is 13.3. The van der Waals surface area contributed by atoms with Gasteiger partial charge in [0.1, 0.15) is 22.7 Å². The lowest BCUT2D eigenvalue weighted by molar-refractivity contribution is 0.0711. The molecular weight excluding hydrogens is 436 g/mol. The van der Waals surface area contributed by atoms with Crippen LogP contribution in [0.25, 0.3) is 11.3 Å². The lowest BCUT2D eigenvalue weighted by Gasteiger charge is -2.31. The molecule has 2 aromatic heterocycles. The fourth-order valence-corrected chi connectivity index (χ4v) is 4.92. The van der Waals surface area contributed by atoms with Crippen LogP contribution >= 0.6 is 11.3 Å². The van der Waals surface area contributed by atoms with E-state index in [1.807, 2.05) is 61.4 Å². The van der Waals surface area contributed by atoms with Crippen LogP contribution in [0.5, 0.6) is 0 Å². The zero-order valence-electron chi connectivity index (χ0n) is 19.6. The van der Waals surface area contributed by atoms with Gasteiger partial charge in [-0.25, -0.2) is 4.98 Å². The van der Waals surface area contributed by atoms with Gasteiger partial charge in [-0.15, -0.1) is 11.3 Å². The molecule has 4 rings (SSSR count). The predicted octanol–water partition coefficient (Wildman–Crippen LogP) is 5.04. The second-order valence-electron chi connectivity index (χ2n) is 9.16. The van der Waals surface area contributed by atoms with Crippen LogP contribution in [-0.2, 0) is 0 Å². The smallest absolute Gasteiger partial charge is 0.271 e. The van der Waals surface area contributed by atoms with Gasteiger partial charge in [0.25, 0.3) is 11.8 Å². The molecule has 8 heteroatoms. The number of hydrogen-bond acceptors (Lipinski definition) is 6. The monoisotopic (exact) mass is 466 g/mol. The second-order valence-corrected chi connectivity index (χ2v) is 10.0. The van der Waals surface area contributed by atoms with E-state index in [-0.39, 0.29) is 23.3 Å². The molecule has 1 fully saturated rings. The summed E-state index contributed by atoms with van der Waals surface area (Å²) in [6, 6.07) is 9.63. The lowest BCUT2D eigenvalue weighted by atomic mass is 9.96. The maximum atomic E-state index is 13.3. The highest BCUT2D eigenvalue weighted by Crippen LogP contribution is 2.33. The van der Waals surface area contributed by atoms with Gasteiger partial charge >= 0.3 is 0 Å². The number of aromatic nitrogens is 2. The third kappa shape index (κ3) is 5.00. The van der Waals surface area contributed by atoms with Crippen molar-refractivity contribution in [2.75, 3.05) is 13.1 Å². The van der Waals surface area contributed by atoms with Crippen molar-refractivity contribution in [1.29, 1.82) is 0 Å². The number of amides is 2. The molecule has 1 saturated heterocycles. The highest BCUT2D eigenvalue weighted by atomic mass is 32.1. The minimum absolute atomic E-state index is 0.0490. The number of hydrogen-bond donors (Lipinski definition) is 1. The van der Waals surface area contributed by atoms with E-state index in [0.717, 1.165) is 29.8 Å². The number of thiazole rings is 1. The first kappa shape index (κ1) is 23.2. The van der Waals surface area contributed by atoms with Crippen molar-refractivity contribution in [3.8, 4) is 11.3 Å². The largest absolute Gasteiger partial charge is 0.360 e. The summed E-state index contributed by atoms with van der Waals surface area (Å²) < 4.78 is 5.38. The number of rotatable bonds is 6. The molecule has 0 spiro atoms. The molecule has 0 atom stereocenters. The number of nitrogens with one attached hydrogen (secondary N) is 1. The van der Waals surface area contributed by atoms with Crippen molar-refractivity contribution in [2.24, 2.45) is 0 Å². The molecule has 3 aromatic rings. The van der Waals surface area contributed by atoms with Gasteiger partial charge in [-0.1, -0.05) is 42.4 Å². The van der Waals surface area contributed by atoms with E-state index in [2.05, 4.69) is 15.5 Å². The van der Waals surface area contributed by atoms with Gasteiger partial charge in [-0.05, 0) is 40.0 Å². The summed E-state index contributed by atoms with van der Waals surface area (Å²) in [5.41, 5.74) is 2.21. The molecule has 1 aliphatic heterocycles. The molecule has 0 aliphatic carbocycles. The Kier molecular flexibility index (Phi) is 6.65. The molecule has 0 bridgehead atoms. The number of carbonyl (C=O) groups is 2. The summed E-state index contributed by atoms with van der Waals surface area (Å²) in [6.07, 6.45) is 2.47. The molecule has 1 aliphatic rings. The van der Waals surface area contributed by atoms with Gasteiger partial charge in [-0.3, -0.25) is 9.59 Å². The fraction of sp³-hybridized carbons (Fsp3) is 0.440. The Morgan fingerprint density at radius 3 is 2.58 bits per heavy atom. The summed E-state index contributed by atoms with van der Waals surface area (Å²) in [5, 5.41) is 9.98. The van der Waals surface area contributed by atoms with Crippen LogP contribution in [0.15, 0.2) is 40.2 Å². The van der Waals surface area contributed by atoms with Crippen LogP contribution in [0, 0.1) is 6.92 Å². The third-order valence-corrected chi connectivity index (χ3v) is 7.35. The van der Waals surface area contributed by atoms with Crippen molar-refractivity contribution >= 4 is 23.2 Å². The Balaban J connectivity index is 1.41. The molecular formula is C25H30N4O3S. The molecule has 174 valence electrons. The van der Waals surface area contributed by atoms with E-state index < -0.39 is 0 Å². The van der Waals surface area contributed by atoms with Gasteiger partial charge in [-0.2, -0.15) is 0 Å². The predicted molar refractivity (Wildman–Crippen MR) is 129 cm³/mol. The summed E-state index contributed by atoms with van der Waals surface area (Å²) in [7, 11) is 0. The number of aryl methyl sites for hydroxylation is 1. The highest BCUT2D eigenvalue weighted by molar-refractivity contribution is 7.09. The Hall–Kier alpha value is -3.00. The molecule has 3 heterocycles. The number of benzene rings is 1. The fourth-order valence-electron chi connectivity index (χ4n) is 3.94. The molecule has 0 radical (unpaired) electrons. The number of carbonyl (C=O) groups excluding carboxylic acids is 2. The normalized spacial score (nSPS) is 15.0. The minimum Gasteiger partial charge on any atom is -0.360 e. The minimum atomic E-state index is -0.259. The van der Waals surface area contributed by atoms with Crippen molar-refractivity contribution < 1.29 is 14.1 Å². The van der Waals surface area contributed by atoms with Crippen LogP contribution in [0.1, 0.15) is 77.6 Å². The van der Waals surface area contributed by atoms with E-state index >= 15 is 0 Å². The SMILES string of the molecule is CCC(C)(C)NC(=O)c1csc(C2CCN(C(=O)c3c(-c4ccccc4)noc3C)CC2)n1. The van der Waals surface area contributed by atoms with E-state index in [0.29, 0.717) is 35.8 Å². The highest BCUT2D eigenvalue weighted by Gasteiger charge is 2.31. The molecule has 0 unspecified atom stereocenters. The van der Waals surface area contributed by atoms with E-state index in [1.54, 1.807) is 6.92 Å². The standard InChI is InChI=1S/C25H30N4O3S/c1-5-25(3,4)27-22(30)19-15-33-23(26-19)18-11-13-29(14-12-18)24(31)20-16(2)32-28-21(20)17-9-7-6-8-10-17/h6-10,15,18H,5,11-14H2,1-4H3,(H,27,30). The Morgan fingerprint density at radius 2 is 1.91 bits per heavy atom. The van der Waals surface area contributed by atoms with E-state index in [9.17, 15) is 9.59 Å². The van der Waals surface area contributed by atoms with Crippen LogP contribution in [0.3, 0.4) is 0 Å². The zero-order valence-corrected chi connectivity index (χ0v) is 20.4. The average molecular weight is 467 g/mol. The van der Waals surface area contributed by atoms with Crippen molar-refractivity contribution in [3.63, 3.8) is 0 Å². The van der Waals surface area contributed by atoms with Crippen LogP contribution in [-0.4, -0.2) is 45.5 Å². The number of piperidine rings is 1. The third-order valence-electron chi connectivity index (χ3n) is 6.35. The first-order valence-corrected chi connectivity index (χ1v) is 12.3. The number of nitrogens with zero attached hydrogens (tertiary/aromatic N) is 3. The van der Waals surface area contributed by atoms with Crippen molar-refractivity contribution in [1.82, 2.24) is 20.4 Å². The Morgan fingerprint density at radius 1 is 1.21 bits per heavy atom. The summed E-state index contributed by atoms with van der Waals surface area (Å²) >= 11 is 1.53. The molecule has 1 N–H and O–H groups in total. The Labute approximate surface area is 198 Å². The maximum Gasteiger partial charge on any atom is 0.271 e. The first-order chi connectivity index (χ1) is 15.8. The molecule has 33 heavy (non-hydrogen) atoms. The van der Waals surface area contributed by atoms with Gasteiger partial charge in [0.05, 0.1) is 5.01 Å². The van der Waals surface area contributed by atoms with Gasteiger partial charge < -0.3 is 14.7 Å². The van der Waals surface area contributed by atoms with Crippen molar-refractivity contribution in [2.45, 2.75) is 58.4 Å². The second kappa shape index (κ2) is 9.47. The number of likely N-dealkylation sites (tertiary alicyclic amines) is 1. The van der Waals surface area contributed by atoms with E-state index in [1.165, 1.54) is 11.3 Å². The van der Waals surface area contributed by atoms with Gasteiger partial charge in [0, 0.05) is 35.5 Å². The van der Waals surface area contributed by atoms with Crippen LogP contribution in [0.4, 0.5) is 0 Å². The molecule has 2 amide bonds.